The zero-order chi connectivity index (χ0) is 21.3. The van der Waals surface area contributed by atoms with Crippen LogP contribution >= 0.6 is 0 Å². The van der Waals surface area contributed by atoms with Crippen molar-refractivity contribution in [3.05, 3.63) is 71.9 Å². The summed E-state index contributed by atoms with van der Waals surface area (Å²) in [6.45, 7) is 4.97. The molecule has 0 radical (unpaired) electrons. The number of carbonyl (C=O) groups excluding carboxylic acids is 1. The molecule has 0 saturated carbocycles. The van der Waals surface area contributed by atoms with Crippen LogP contribution in [-0.4, -0.2) is 28.8 Å². The molecule has 0 unspecified atom stereocenters. The van der Waals surface area contributed by atoms with Gasteiger partial charge in [-0.25, -0.2) is 4.68 Å². The summed E-state index contributed by atoms with van der Waals surface area (Å²) < 4.78 is 7.36. The number of carbonyl (C=O) groups is 1. The topological polar surface area (TPSA) is 79.9 Å². The number of benzene rings is 2. The monoisotopic (exact) mass is 400 g/mol. The molecular weight excluding hydrogens is 376 g/mol. The predicted molar refractivity (Wildman–Crippen MR) is 117 cm³/mol. The number of hydrogen-bond donors (Lipinski definition) is 1. The third kappa shape index (κ3) is 4.95. The zero-order valence-electron chi connectivity index (χ0n) is 17.1. The number of ether oxygens (including phenoxy) is 1. The lowest BCUT2D eigenvalue weighted by molar-refractivity contribution is -0.117. The predicted octanol–water partition coefficient (Wildman–Crippen LogP) is 4.37. The second kappa shape index (κ2) is 10.1. The van der Waals surface area contributed by atoms with Crippen molar-refractivity contribution in [3.8, 4) is 28.8 Å². The number of para-hydroxylation sites is 1. The summed E-state index contributed by atoms with van der Waals surface area (Å²) in [4.78, 5) is 12.4. The van der Waals surface area contributed by atoms with E-state index in [2.05, 4.69) is 5.32 Å². The van der Waals surface area contributed by atoms with Crippen LogP contribution in [0.4, 0.5) is 0 Å². The van der Waals surface area contributed by atoms with Gasteiger partial charge in [0.25, 0.3) is 5.91 Å². The molecule has 6 heteroatoms. The molecule has 0 aliphatic heterocycles. The second-order valence-electron chi connectivity index (χ2n) is 6.60. The van der Waals surface area contributed by atoms with Gasteiger partial charge in [0.15, 0.2) is 0 Å². The highest BCUT2D eigenvalue weighted by Gasteiger charge is 2.15. The molecule has 1 amide bonds. The van der Waals surface area contributed by atoms with Crippen LogP contribution in [0.5, 0.6) is 5.75 Å². The molecule has 1 N–H and O–H groups in total. The van der Waals surface area contributed by atoms with Crippen LogP contribution in [0, 0.1) is 11.3 Å². The highest BCUT2D eigenvalue weighted by atomic mass is 16.5. The van der Waals surface area contributed by atoms with E-state index in [1.807, 2.05) is 80.7 Å². The molecule has 6 nitrogen and oxygen atoms in total. The molecular formula is C24H24N4O2. The lowest BCUT2D eigenvalue weighted by atomic mass is 10.1. The van der Waals surface area contributed by atoms with Gasteiger partial charge in [-0.1, -0.05) is 37.3 Å². The minimum atomic E-state index is -0.388. The summed E-state index contributed by atoms with van der Waals surface area (Å²) in [5, 5.41) is 17.0. The van der Waals surface area contributed by atoms with Crippen LogP contribution in [0.15, 0.2) is 66.4 Å². The standard InChI is InChI=1S/C24H24N4O2/c1-3-13-26-24(29)19(16-25)14-20-17-28(21-10-6-5-7-11-21)27-23(20)18-9-8-12-22(15-18)30-4-2/h5-12,14-15,17H,3-4,13H2,1-2H3,(H,26,29)/b19-14+. The van der Waals surface area contributed by atoms with Crippen molar-refractivity contribution in [2.75, 3.05) is 13.2 Å². The fourth-order valence-electron chi connectivity index (χ4n) is 2.97. The maximum Gasteiger partial charge on any atom is 0.261 e. The van der Waals surface area contributed by atoms with Gasteiger partial charge in [-0.2, -0.15) is 10.4 Å². The van der Waals surface area contributed by atoms with Crippen molar-refractivity contribution in [1.82, 2.24) is 15.1 Å². The fourth-order valence-corrected chi connectivity index (χ4v) is 2.97. The Balaban J connectivity index is 2.10. The molecule has 0 saturated heterocycles. The van der Waals surface area contributed by atoms with Crippen LogP contribution in [-0.2, 0) is 4.79 Å². The van der Waals surface area contributed by atoms with E-state index in [1.165, 1.54) is 0 Å². The van der Waals surface area contributed by atoms with Crippen molar-refractivity contribution in [3.63, 3.8) is 0 Å². The van der Waals surface area contributed by atoms with E-state index in [0.717, 1.165) is 23.4 Å². The van der Waals surface area contributed by atoms with Gasteiger partial charge >= 0.3 is 0 Å². The summed E-state index contributed by atoms with van der Waals surface area (Å²) in [5.74, 6) is 0.348. The van der Waals surface area contributed by atoms with Crippen molar-refractivity contribution in [1.29, 1.82) is 5.26 Å². The molecule has 0 fully saturated rings. The number of hydrogen-bond acceptors (Lipinski definition) is 4. The van der Waals surface area contributed by atoms with Crippen molar-refractivity contribution < 1.29 is 9.53 Å². The van der Waals surface area contributed by atoms with Crippen LogP contribution < -0.4 is 10.1 Å². The number of nitriles is 1. The van der Waals surface area contributed by atoms with E-state index in [0.29, 0.717) is 24.4 Å². The summed E-state index contributed by atoms with van der Waals surface area (Å²) in [5.41, 5.74) is 3.10. The van der Waals surface area contributed by atoms with E-state index < -0.39 is 0 Å². The highest BCUT2D eigenvalue weighted by molar-refractivity contribution is 6.02. The molecule has 1 heterocycles. The second-order valence-corrected chi connectivity index (χ2v) is 6.60. The Morgan fingerprint density at radius 3 is 2.70 bits per heavy atom. The van der Waals surface area contributed by atoms with Crippen LogP contribution in [0.1, 0.15) is 25.8 Å². The third-order valence-electron chi connectivity index (χ3n) is 4.38. The van der Waals surface area contributed by atoms with Crippen LogP contribution in [0.3, 0.4) is 0 Å². The smallest absolute Gasteiger partial charge is 0.261 e. The minimum Gasteiger partial charge on any atom is -0.494 e. The van der Waals surface area contributed by atoms with E-state index in [1.54, 1.807) is 10.8 Å². The van der Waals surface area contributed by atoms with Gasteiger partial charge < -0.3 is 10.1 Å². The Bertz CT molecular complexity index is 1080. The zero-order valence-corrected chi connectivity index (χ0v) is 17.1. The van der Waals surface area contributed by atoms with E-state index in [-0.39, 0.29) is 11.5 Å². The maximum absolute atomic E-state index is 12.4. The van der Waals surface area contributed by atoms with Gasteiger partial charge in [0.2, 0.25) is 0 Å². The van der Waals surface area contributed by atoms with Crippen LogP contribution in [0.2, 0.25) is 0 Å². The average molecular weight is 400 g/mol. The number of amides is 1. The lowest BCUT2D eigenvalue weighted by Crippen LogP contribution is -2.25. The number of nitrogens with zero attached hydrogens (tertiary/aromatic N) is 3. The Hall–Kier alpha value is -3.85. The van der Waals surface area contributed by atoms with Gasteiger partial charge in [0.05, 0.1) is 12.3 Å². The Morgan fingerprint density at radius 1 is 1.20 bits per heavy atom. The summed E-state index contributed by atoms with van der Waals surface area (Å²) in [6, 6.07) is 19.3. The molecule has 0 spiro atoms. The molecule has 30 heavy (non-hydrogen) atoms. The van der Waals surface area contributed by atoms with Crippen molar-refractivity contribution >= 4 is 12.0 Å². The van der Waals surface area contributed by atoms with Crippen molar-refractivity contribution in [2.45, 2.75) is 20.3 Å². The summed E-state index contributed by atoms with van der Waals surface area (Å²) >= 11 is 0. The molecule has 3 aromatic rings. The molecule has 0 aliphatic carbocycles. The Morgan fingerprint density at radius 2 is 2.00 bits per heavy atom. The number of nitrogens with one attached hydrogen (secondary N) is 1. The summed E-state index contributed by atoms with van der Waals surface area (Å²) in [6.07, 6.45) is 4.20. The largest absolute Gasteiger partial charge is 0.494 e. The average Bonchev–Trinajstić information content (AvgIpc) is 3.21. The summed E-state index contributed by atoms with van der Waals surface area (Å²) in [7, 11) is 0. The lowest BCUT2D eigenvalue weighted by Gasteiger charge is -2.06. The first-order chi connectivity index (χ1) is 14.7. The van der Waals surface area contributed by atoms with E-state index in [4.69, 9.17) is 9.84 Å². The minimum absolute atomic E-state index is 0.0401. The van der Waals surface area contributed by atoms with Gasteiger partial charge in [0, 0.05) is 23.9 Å². The molecule has 2 aromatic carbocycles. The molecule has 152 valence electrons. The first-order valence-corrected chi connectivity index (χ1v) is 9.94. The number of rotatable bonds is 8. The third-order valence-corrected chi connectivity index (χ3v) is 4.38. The van der Waals surface area contributed by atoms with Gasteiger partial charge in [-0.3, -0.25) is 4.79 Å². The first kappa shape index (κ1) is 20.9. The highest BCUT2D eigenvalue weighted by Crippen LogP contribution is 2.28. The van der Waals surface area contributed by atoms with Gasteiger partial charge in [-0.15, -0.1) is 0 Å². The molecule has 1 aromatic heterocycles. The SMILES string of the molecule is CCCNC(=O)/C(C#N)=C/c1cn(-c2ccccc2)nc1-c1cccc(OCC)c1. The van der Waals surface area contributed by atoms with Crippen LogP contribution in [0.25, 0.3) is 23.0 Å². The molecule has 3 rings (SSSR count). The van der Waals surface area contributed by atoms with Crippen molar-refractivity contribution in [2.24, 2.45) is 0 Å². The van der Waals surface area contributed by atoms with Gasteiger partial charge in [0.1, 0.15) is 23.1 Å². The quantitative estimate of drug-likeness (QED) is 0.450. The van der Waals surface area contributed by atoms with E-state index in [9.17, 15) is 10.1 Å². The normalized spacial score (nSPS) is 11.0. The fraction of sp³-hybridized carbons (Fsp3) is 0.208. The molecule has 0 aliphatic rings. The Labute approximate surface area is 176 Å². The maximum atomic E-state index is 12.4. The number of aromatic nitrogens is 2. The molecule has 0 atom stereocenters. The first-order valence-electron chi connectivity index (χ1n) is 9.94. The van der Waals surface area contributed by atoms with E-state index >= 15 is 0 Å². The molecule has 0 bridgehead atoms. The van der Waals surface area contributed by atoms with Gasteiger partial charge in [-0.05, 0) is 43.7 Å². The Kier molecular flexibility index (Phi) is 7.01.